The number of nitrogens with zero attached hydrogens (tertiary/aromatic N) is 3. The van der Waals surface area contributed by atoms with Crippen LogP contribution in [0.3, 0.4) is 0 Å². The van der Waals surface area contributed by atoms with Crippen LogP contribution in [-0.4, -0.2) is 80.7 Å². The molecule has 160 valence electrons. The number of hydrogen-bond acceptors (Lipinski definition) is 7. The van der Waals surface area contributed by atoms with Crippen LogP contribution in [0.2, 0.25) is 0 Å². The number of piperazine rings is 1. The monoisotopic (exact) mass is 403 g/mol. The van der Waals surface area contributed by atoms with E-state index in [1.807, 2.05) is 13.1 Å². The van der Waals surface area contributed by atoms with Gasteiger partial charge in [-0.1, -0.05) is 0 Å². The van der Waals surface area contributed by atoms with Crippen LogP contribution < -0.4 is 10.4 Å². The van der Waals surface area contributed by atoms with Crippen molar-refractivity contribution in [2.24, 2.45) is 0 Å². The van der Waals surface area contributed by atoms with E-state index in [4.69, 9.17) is 23.8 Å². The van der Waals surface area contributed by atoms with Crippen molar-refractivity contribution >= 4 is 18.3 Å². The van der Waals surface area contributed by atoms with Crippen LogP contribution in [0.5, 0.6) is 0 Å². The summed E-state index contributed by atoms with van der Waals surface area (Å²) >= 11 is 0. The fraction of sp³-hybridized carbons (Fsp3) is 0.762. The van der Waals surface area contributed by atoms with E-state index in [1.165, 1.54) is 0 Å². The Morgan fingerprint density at radius 2 is 1.90 bits per heavy atom. The van der Waals surface area contributed by atoms with Gasteiger partial charge in [0.15, 0.2) is 0 Å². The van der Waals surface area contributed by atoms with Crippen LogP contribution in [-0.2, 0) is 18.8 Å². The fourth-order valence-electron chi connectivity index (χ4n) is 4.24. The summed E-state index contributed by atoms with van der Waals surface area (Å²) in [6, 6.07) is 2.62. The maximum atomic E-state index is 6.35. The van der Waals surface area contributed by atoms with Gasteiger partial charge in [-0.25, -0.2) is 0 Å². The summed E-state index contributed by atoms with van der Waals surface area (Å²) in [6.45, 7) is 16.0. The third kappa shape index (κ3) is 3.93. The number of hydrogen-bond donors (Lipinski definition) is 0. The van der Waals surface area contributed by atoms with Crippen molar-refractivity contribution in [1.82, 2.24) is 9.88 Å². The molecule has 3 aliphatic heterocycles. The van der Waals surface area contributed by atoms with Gasteiger partial charge in [0, 0.05) is 38.8 Å². The minimum Gasteiger partial charge on any atom is -0.399 e. The fourth-order valence-corrected chi connectivity index (χ4v) is 4.24. The van der Waals surface area contributed by atoms with Gasteiger partial charge in [-0.2, -0.15) is 0 Å². The SMILES string of the molecule is CO[C@@H](C)c1ncc(N2CCN3CCOC[C@@H]3C2)cc1B1OC(C)(C)C(C)(C)O1. The zero-order valence-corrected chi connectivity index (χ0v) is 18.6. The lowest BCUT2D eigenvalue weighted by molar-refractivity contribution is -0.0116. The molecule has 0 saturated carbocycles. The highest BCUT2D eigenvalue weighted by atomic mass is 16.7. The Morgan fingerprint density at radius 3 is 2.59 bits per heavy atom. The number of anilines is 1. The molecule has 4 rings (SSSR count). The molecule has 0 spiro atoms. The molecule has 0 aromatic carbocycles. The number of aromatic nitrogens is 1. The molecular formula is C21H34BN3O4. The molecule has 0 bridgehead atoms. The summed E-state index contributed by atoms with van der Waals surface area (Å²) in [7, 11) is 1.25. The summed E-state index contributed by atoms with van der Waals surface area (Å²) in [5.74, 6) is 0. The van der Waals surface area contributed by atoms with E-state index in [2.05, 4.69) is 43.6 Å². The predicted molar refractivity (Wildman–Crippen MR) is 114 cm³/mol. The molecule has 0 radical (unpaired) electrons. The van der Waals surface area contributed by atoms with Crippen molar-refractivity contribution in [3.8, 4) is 0 Å². The number of morpholine rings is 1. The maximum Gasteiger partial charge on any atom is 0.496 e. The zero-order valence-electron chi connectivity index (χ0n) is 18.6. The largest absolute Gasteiger partial charge is 0.496 e. The first kappa shape index (κ1) is 21.1. The van der Waals surface area contributed by atoms with E-state index in [9.17, 15) is 0 Å². The Kier molecular flexibility index (Phi) is 5.68. The van der Waals surface area contributed by atoms with Crippen molar-refractivity contribution in [1.29, 1.82) is 0 Å². The lowest BCUT2D eigenvalue weighted by atomic mass is 9.76. The minimum absolute atomic E-state index is 0.137. The molecule has 3 fully saturated rings. The van der Waals surface area contributed by atoms with Crippen molar-refractivity contribution in [3.05, 3.63) is 18.0 Å². The molecule has 3 aliphatic rings. The molecule has 8 heteroatoms. The van der Waals surface area contributed by atoms with E-state index < -0.39 is 18.3 Å². The van der Waals surface area contributed by atoms with Gasteiger partial charge in [0.1, 0.15) is 0 Å². The maximum absolute atomic E-state index is 6.35. The quantitative estimate of drug-likeness (QED) is 0.708. The Balaban J connectivity index is 1.63. The van der Waals surface area contributed by atoms with Gasteiger partial charge in [-0.15, -0.1) is 0 Å². The average Bonchev–Trinajstić information content (AvgIpc) is 2.93. The van der Waals surface area contributed by atoms with Crippen LogP contribution >= 0.6 is 0 Å². The average molecular weight is 403 g/mol. The van der Waals surface area contributed by atoms with E-state index in [0.717, 1.165) is 56.2 Å². The molecule has 4 heterocycles. The molecule has 1 aromatic rings. The van der Waals surface area contributed by atoms with Crippen molar-refractivity contribution in [2.45, 2.75) is 58.0 Å². The summed E-state index contributed by atoms with van der Waals surface area (Å²) in [5.41, 5.74) is 2.14. The van der Waals surface area contributed by atoms with Gasteiger partial charge in [-0.05, 0) is 40.7 Å². The van der Waals surface area contributed by atoms with E-state index in [-0.39, 0.29) is 6.10 Å². The van der Waals surface area contributed by atoms with E-state index >= 15 is 0 Å². The zero-order chi connectivity index (χ0) is 20.8. The molecular weight excluding hydrogens is 369 g/mol. The normalized spacial score (nSPS) is 27.7. The van der Waals surface area contributed by atoms with Crippen LogP contribution in [0.4, 0.5) is 5.69 Å². The van der Waals surface area contributed by atoms with E-state index in [0.29, 0.717) is 6.04 Å². The molecule has 0 unspecified atom stereocenters. The minimum atomic E-state index is -0.459. The number of fused-ring (bicyclic) bond motifs is 1. The molecule has 2 atom stereocenters. The van der Waals surface area contributed by atoms with Crippen LogP contribution in [0.1, 0.15) is 46.4 Å². The number of ether oxygens (including phenoxy) is 2. The smallest absolute Gasteiger partial charge is 0.399 e. The van der Waals surface area contributed by atoms with Gasteiger partial charge in [0.2, 0.25) is 0 Å². The van der Waals surface area contributed by atoms with Crippen LogP contribution in [0, 0.1) is 0 Å². The highest BCUT2D eigenvalue weighted by Gasteiger charge is 2.52. The standard InChI is InChI=1S/C21H34BN3O4/c1-15(26-6)19-18(22-28-20(2,3)21(4,5)29-22)11-16(12-23-19)25-8-7-24-9-10-27-14-17(24)13-25/h11-12,15,17H,7-10,13-14H2,1-6H3/t15-,17-/m0/s1. The Bertz CT molecular complexity index is 729. The number of rotatable bonds is 4. The molecule has 29 heavy (non-hydrogen) atoms. The third-order valence-corrected chi connectivity index (χ3v) is 6.98. The lowest BCUT2D eigenvalue weighted by Crippen LogP contribution is -2.58. The summed E-state index contributed by atoms with van der Waals surface area (Å²) < 4.78 is 24.0. The summed E-state index contributed by atoms with van der Waals surface area (Å²) in [6.07, 6.45) is 1.82. The van der Waals surface area contributed by atoms with Crippen LogP contribution in [0.15, 0.2) is 12.3 Å². The lowest BCUT2D eigenvalue weighted by Gasteiger charge is -2.44. The van der Waals surface area contributed by atoms with Gasteiger partial charge < -0.3 is 23.7 Å². The van der Waals surface area contributed by atoms with Crippen molar-refractivity contribution < 1.29 is 18.8 Å². The Morgan fingerprint density at radius 1 is 1.17 bits per heavy atom. The van der Waals surface area contributed by atoms with Crippen molar-refractivity contribution in [3.63, 3.8) is 0 Å². The van der Waals surface area contributed by atoms with Gasteiger partial charge in [-0.3, -0.25) is 9.88 Å². The summed E-state index contributed by atoms with van der Waals surface area (Å²) in [4.78, 5) is 9.73. The Hall–Kier alpha value is -1.19. The second-order valence-electron chi connectivity index (χ2n) is 9.34. The van der Waals surface area contributed by atoms with Gasteiger partial charge in [0.05, 0.1) is 54.1 Å². The molecule has 3 saturated heterocycles. The summed E-state index contributed by atoms with van der Waals surface area (Å²) in [5, 5.41) is 0. The first-order valence-corrected chi connectivity index (χ1v) is 10.7. The third-order valence-electron chi connectivity index (χ3n) is 6.98. The second kappa shape index (κ2) is 7.82. The van der Waals surface area contributed by atoms with Gasteiger partial charge >= 0.3 is 7.12 Å². The highest BCUT2D eigenvalue weighted by Crippen LogP contribution is 2.37. The predicted octanol–water partition coefficient (Wildman–Crippen LogP) is 1.61. The molecule has 1 aromatic heterocycles. The molecule has 0 N–H and O–H groups in total. The molecule has 0 aliphatic carbocycles. The Labute approximate surface area is 174 Å². The topological polar surface area (TPSA) is 56.3 Å². The first-order chi connectivity index (χ1) is 13.7. The van der Waals surface area contributed by atoms with Crippen molar-refractivity contribution in [2.75, 3.05) is 51.4 Å². The molecule has 0 amide bonds. The highest BCUT2D eigenvalue weighted by molar-refractivity contribution is 6.62. The second-order valence-corrected chi connectivity index (χ2v) is 9.34. The van der Waals surface area contributed by atoms with E-state index in [1.54, 1.807) is 7.11 Å². The molecule has 7 nitrogen and oxygen atoms in total. The number of pyridine rings is 1. The number of methoxy groups -OCH3 is 1. The van der Waals surface area contributed by atoms with Gasteiger partial charge in [0.25, 0.3) is 0 Å². The first-order valence-electron chi connectivity index (χ1n) is 10.7. The van der Waals surface area contributed by atoms with Crippen LogP contribution in [0.25, 0.3) is 0 Å².